The van der Waals surface area contributed by atoms with Crippen LogP contribution in [0.1, 0.15) is 25.8 Å². The van der Waals surface area contributed by atoms with E-state index in [0.717, 1.165) is 0 Å². The highest BCUT2D eigenvalue weighted by Gasteiger charge is 2.56. The first-order chi connectivity index (χ1) is 14.4. The van der Waals surface area contributed by atoms with Gasteiger partial charge in [-0.25, -0.2) is 0 Å². The largest absolute Gasteiger partial charge is 0.496 e. The lowest BCUT2D eigenvalue weighted by Gasteiger charge is -2.39. The van der Waals surface area contributed by atoms with E-state index >= 15 is 0 Å². The maximum atomic E-state index is 14.2. The summed E-state index contributed by atoms with van der Waals surface area (Å²) in [6.45, 7) is 2.52. The summed E-state index contributed by atoms with van der Waals surface area (Å²) in [5, 5.41) is 11.3. The standard InChI is InChI=1S/C23H23BrF3NO3/c1-21(2,17-12-15(24)8-9-20(17)31-3)13-22(30,23(25,26)27)14-28-11-10-19(29)16-6-4-5-7-18(16)28/h4-12,30H,13-14H2,1-3H3. The second-order valence-corrected chi connectivity index (χ2v) is 9.18. The molecule has 1 aromatic heterocycles. The van der Waals surface area contributed by atoms with Gasteiger partial charge in [0.25, 0.3) is 0 Å². The second kappa shape index (κ2) is 8.31. The minimum Gasteiger partial charge on any atom is -0.496 e. The maximum absolute atomic E-state index is 14.2. The number of rotatable bonds is 6. The lowest BCUT2D eigenvalue weighted by molar-refractivity contribution is -0.271. The van der Waals surface area contributed by atoms with E-state index in [-0.39, 0.29) is 5.43 Å². The molecule has 0 saturated heterocycles. The molecule has 2 aromatic carbocycles. The van der Waals surface area contributed by atoms with Crippen LogP contribution in [0, 0.1) is 0 Å². The number of aliphatic hydroxyl groups is 1. The monoisotopic (exact) mass is 497 g/mol. The molecule has 166 valence electrons. The highest BCUT2D eigenvalue weighted by atomic mass is 79.9. The van der Waals surface area contributed by atoms with Gasteiger partial charge in [-0.05, 0) is 42.2 Å². The van der Waals surface area contributed by atoms with Crippen molar-refractivity contribution in [1.29, 1.82) is 0 Å². The van der Waals surface area contributed by atoms with Gasteiger partial charge in [-0.15, -0.1) is 0 Å². The third kappa shape index (κ3) is 4.65. The van der Waals surface area contributed by atoms with Crippen LogP contribution in [0.15, 0.2) is 64.0 Å². The predicted molar refractivity (Wildman–Crippen MR) is 118 cm³/mol. The van der Waals surface area contributed by atoms with E-state index in [4.69, 9.17) is 4.74 Å². The number of nitrogens with zero attached hydrogens (tertiary/aromatic N) is 1. The molecule has 0 aliphatic heterocycles. The van der Waals surface area contributed by atoms with Gasteiger partial charge in [0.15, 0.2) is 11.0 Å². The Hall–Kier alpha value is -2.32. The molecule has 0 spiro atoms. The molecule has 0 aliphatic carbocycles. The topological polar surface area (TPSA) is 51.5 Å². The second-order valence-electron chi connectivity index (χ2n) is 8.26. The van der Waals surface area contributed by atoms with E-state index in [1.165, 1.54) is 23.9 Å². The maximum Gasteiger partial charge on any atom is 0.418 e. The number of para-hydroxylation sites is 1. The van der Waals surface area contributed by atoms with Crippen molar-refractivity contribution in [3.8, 4) is 5.75 Å². The first-order valence-electron chi connectivity index (χ1n) is 9.59. The number of pyridine rings is 1. The lowest BCUT2D eigenvalue weighted by atomic mass is 9.74. The molecule has 0 radical (unpaired) electrons. The van der Waals surface area contributed by atoms with Crippen LogP contribution in [-0.4, -0.2) is 28.6 Å². The van der Waals surface area contributed by atoms with Crippen molar-refractivity contribution in [2.45, 2.75) is 44.0 Å². The van der Waals surface area contributed by atoms with E-state index in [2.05, 4.69) is 15.9 Å². The molecule has 4 nitrogen and oxygen atoms in total. The smallest absolute Gasteiger partial charge is 0.418 e. The normalized spacial score (nSPS) is 14.5. The highest BCUT2D eigenvalue weighted by molar-refractivity contribution is 9.10. The quantitative estimate of drug-likeness (QED) is 0.493. The van der Waals surface area contributed by atoms with Crippen LogP contribution in [0.4, 0.5) is 13.2 Å². The lowest BCUT2D eigenvalue weighted by Crippen LogP contribution is -2.52. The fraction of sp³-hybridized carbons (Fsp3) is 0.348. The van der Waals surface area contributed by atoms with Crippen LogP contribution in [0.25, 0.3) is 10.9 Å². The van der Waals surface area contributed by atoms with Gasteiger partial charge in [0.05, 0.1) is 19.2 Å². The summed E-state index contributed by atoms with van der Waals surface area (Å²) in [5.41, 5.74) is -3.57. The number of hydrogen-bond acceptors (Lipinski definition) is 3. The molecule has 8 heteroatoms. The van der Waals surface area contributed by atoms with Gasteiger partial charge in [-0.1, -0.05) is 41.9 Å². The Morgan fingerprint density at radius 2 is 1.77 bits per heavy atom. The van der Waals surface area contributed by atoms with Gasteiger partial charge in [0.1, 0.15) is 5.75 Å². The van der Waals surface area contributed by atoms with Gasteiger partial charge in [0, 0.05) is 27.7 Å². The van der Waals surface area contributed by atoms with E-state index < -0.39 is 30.2 Å². The number of hydrogen-bond donors (Lipinski definition) is 1. The zero-order chi connectivity index (χ0) is 23.0. The number of benzene rings is 2. The van der Waals surface area contributed by atoms with Crippen molar-refractivity contribution in [3.05, 3.63) is 75.0 Å². The van der Waals surface area contributed by atoms with E-state index in [0.29, 0.717) is 26.7 Å². The molecule has 31 heavy (non-hydrogen) atoms. The van der Waals surface area contributed by atoms with Crippen LogP contribution in [0.3, 0.4) is 0 Å². The predicted octanol–water partition coefficient (Wildman–Crippen LogP) is 5.43. The van der Waals surface area contributed by atoms with Crippen molar-refractivity contribution < 1.29 is 23.0 Å². The summed E-state index contributed by atoms with van der Waals surface area (Å²) in [5.74, 6) is 0.437. The first kappa shape index (κ1) is 23.3. The molecule has 1 atom stereocenters. The van der Waals surface area contributed by atoms with Crippen LogP contribution >= 0.6 is 15.9 Å². The van der Waals surface area contributed by atoms with Crippen molar-refractivity contribution in [2.75, 3.05) is 7.11 Å². The molecule has 1 unspecified atom stereocenters. The van der Waals surface area contributed by atoms with Crippen LogP contribution < -0.4 is 10.2 Å². The molecule has 0 amide bonds. The third-order valence-corrected chi connectivity index (χ3v) is 5.96. The molecule has 0 bridgehead atoms. The van der Waals surface area contributed by atoms with E-state index in [1.54, 1.807) is 56.3 Å². The van der Waals surface area contributed by atoms with E-state index in [9.17, 15) is 23.1 Å². The van der Waals surface area contributed by atoms with Crippen LogP contribution in [-0.2, 0) is 12.0 Å². The molecule has 0 saturated carbocycles. The Balaban J connectivity index is 2.08. The molecular weight excluding hydrogens is 475 g/mol. The summed E-state index contributed by atoms with van der Waals surface area (Å²) in [6, 6.07) is 12.7. The Labute approximate surface area is 186 Å². The zero-order valence-corrected chi connectivity index (χ0v) is 18.9. The fourth-order valence-electron chi connectivity index (χ4n) is 3.96. The van der Waals surface area contributed by atoms with Gasteiger partial charge in [-0.2, -0.15) is 13.2 Å². The summed E-state index contributed by atoms with van der Waals surface area (Å²) >= 11 is 3.35. The molecule has 0 fully saturated rings. The average molecular weight is 498 g/mol. The first-order valence-corrected chi connectivity index (χ1v) is 10.4. The van der Waals surface area contributed by atoms with Gasteiger partial charge in [0.2, 0.25) is 0 Å². The van der Waals surface area contributed by atoms with Crippen LogP contribution in [0.2, 0.25) is 0 Å². The van der Waals surface area contributed by atoms with Gasteiger partial charge in [-0.3, -0.25) is 4.79 Å². The molecule has 0 aliphatic rings. The Kier molecular flexibility index (Phi) is 6.26. The molecule has 3 rings (SSSR count). The molecule has 1 N–H and O–H groups in total. The van der Waals surface area contributed by atoms with Crippen LogP contribution in [0.5, 0.6) is 5.75 Å². The highest BCUT2D eigenvalue weighted by Crippen LogP contribution is 2.45. The summed E-state index contributed by atoms with van der Waals surface area (Å²) in [4.78, 5) is 12.1. The Morgan fingerprint density at radius 1 is 1.10 bits per heavy atom. The SMILES string of the molecule is COc1ccc(Br)cc1C(C)(C)CC(O)(Cn1ccc(=O)c2ccccc21)C(F)(F)F. The number of fused-ring (bicyclic) bond motifs is 1. The zero-order valence-electron chi connectivity index (χ0n) is 17.3. The number of aromatic nitrogens is 1. The Morgan fingerprint density at radius 3 is 2.42 bits per heavy atom. The summed E-state index contributed by atoms with van der Waals surface area (Å²) in [7, 11) is 1.45. The minimum atomic E-state index is -4.91. The third-order valence-electron chi connectivity index (χ3n) is 5.47. The number of ether oxygens (including phenoxy) is 1. The fourth-order valence-corrected chi connectivity index (χ4v) is 4.32. The van der Waals surface area contributed by atoms with Crippen molar-refractivity contribution >= 4 is 26.8 Å². The van der Waals surface area contributed by atoms with Crippen molar-refractivity contribution in [2.24, 2.45) is 0 Å². The summed E-state index contributed by atoms with van der Waals surface area (Å²) < 4.78 is 50.0. The van der Waals surface area contributed by atoms with Crippen molar-refractivity contribution in [1.82, 2.24) is 4.57 Å². The molecular formula is C23H23BrF3NO3. The van der Waals surface area contributed by atoms with Gasteiger partial charge < -0.3 is 14.4 Å². The van der Waals surface area contributed by atoms with Gasteiger partial charge >= 0.3 is 6.18 Å². The Bertz CT molecular complexity index is 1160. The van der Waals surface area contributed by atoms with Crippen molar-refractivity contribution in [3.63, 3.8) is 0 Å². The number of alkyl halides is 3. The molecule has 3 aromatic rings. The number of halogens is 4. The molecule has 1 heterocycles. The average Bonchev–Trinajstić information content (AvgIpc) is 2.69. The minimum absolute atomic E-state index is 0.290. The number of methoxy groups -OCH3 is 1. The summed E-state index contributed by atoms with van der Waals surface area (Å²) in [6.07, 6.45) is -4.24. The van der Waals surface area contributed by atoms with E-state index in [1.807, 2.05) is 0 Å².